The van der Waals surface area contributed by atoms with Crippen LogP contribution in [0.5, 0.6) is 0 Å². The molecule has 1 aliphatic rings. The Morgan fingerprint density at radius 1 is 1.00 bits per heavy atom. The lowest BCUT2D eigenvalue weighted by atomic mass is 10.1. The summed E-state index contributed by atoms with van der Waals surface area (Å²) in [7, 11) is 0. The average Bonchev–Trinajstić information content (AvgIpc) is 3.13. The van der Waals surface area contributed by atoms with Crippen molar-refractivity contribution in [3.05, 3.63) is 65.2 Å². The molecule has 0 unspecified atom stereocenters. The summed E-state index contributed by atoms with van der Waals surface area (Å²) in [6.07, 6.45) is 5.42. The fourth-order valence-electron chi connectivity index (χ4n) is 2.96. The number of anilines is 1. The Balaban J connectivity index is 1.47. The number of carboxylic acid groups (broad SMARTS) is 1. The van der Waals surface area contributed by atoms with E-state index in [0.717, 1.165) is 11.3 Å². The third kappa shape index (κ3) is 4.59. The fraction of sp³-hybridized carbons (Fsp3) is 0.350. The van der Waals surface area contributed by atoms with Crippen molar-refractivity contribution in [2.24, 2.45) is 0 Å². The SMILES string of the molecule is O=C(O)c1ccc(CNc2ccc(COC3CCCC3)cc2)cc1. The van der Waals surface area contributed by atoms with Crippen LogP contribution >= 0.6 is 0 Å². The van der Waals surface area contributed by atoms with Crippen molar-refractivity contribution in [2.75, 3.05) is 5.32 Å². The zero-order valence-corrected chi connectivity index (χ0v) is 13.7. The maximum atomic E-state index is 10.8. The number of carbonyl (C=O) groups is 1. The summed E-state index contributed by atoms with van der Waals surface area (Å²) in [5.74, 6) is -0.898. The molecule has 0 bridgehead atoms. The van der Waals surface area contributed by atoms with E-state index >= 15 is 0 Å². The van der Waals surface area contributed by atoms with Gasteiger partial charge in [0.15, 0.2) is 0 Å². The molecule has 24 heavy (non-hydrogen) atoms. The maximum absolute atomic E-state index is 10.8. The molecule has 0 radical (unpaired) electrons. The molecule has 126 valence electrons. The summed E-state index contributed by atoms with van der Waals surface area (Å²) >= 11 is 0. The Kier molecular flexibility index (Phi) is 5.49. The Bertz CT molecular complexity index is 658. The largest absolute Gasteiger partial charge is 0.478 e. The second-order valence-corrected chi connectivity index (χ2v) is 6.27. The molecule has 3 rings (SSSR count). The van der Waals surface area contributed by atoms with Crippen LogP contribution in [0.2, 0.25) is 0 Å². The lowest BCUT2D eigenvalue weighted by molar-refractivity contribution is 0.0457. The zero-order chi connectivity index (χ0) is 16.8. The van der Waals surface area contributed by atoms with Crippen molar-refractivity contribution < 1.29 is 14.6 Å². The molecule has 0 amide bonds. The molecule has 0 aromatic heterocycles. The van der Waals surface area contributed by atoms with Gasteiger partial charge in [0.2, 0.25) is 0 Å². The Labute approximate surface area is 142 Å². The first-order valence-electron chi connectivity index (χ1n) is 8.47. The molecular formula is C20H23NO3. The molecule has 1 aliphatic carbocycles. The molecule has 1 saturated carbocycles. The number of rotatable bonds is 7. The highest BCUT2D eigenvalue weighted by molar-refractivity contribution is 5.87. The van der Waals surface area contributed by atoms with E-state index in [9.17, 15) is 4.79 Å². The molecule has 1 fully saturated rings. The van der Waals surface area contributed by atoms with Crippen LogP contribution in [0, 0.1) is 0 Å². The predicted octanol–water partition coefficient (Wildman–Crippen LogP) is 4.46. The number of aromatic carboxylic acids is 1. The number of hydrogen-bond acceptors (Lipinski definition) is 3. The van der Waals surface area contributed by atoms with Gasteiger partial charge in [-0.15, -0.1) is 0 Å². The Hall–Kier alpha value is -2.33. The van der Waals surface area contributed by atoms with Crippen molar-refractivity contribution >= 4 is 11.7 Å². The van der Waals surface area contributed by atoms with Crippen molar-refractivity contribution in [1.29, 1.82) is 0 Å². The van der Waals surface area contributed by atoms with E-state index in [-0.39, 0.29) is 0 Å². The monoisotopic (exact) mass is 325 g/mol. The number of benzene rings is 2. The molecular weight excluding hydrogens is 302 g/mol. The van der Waals surface area contributed by atoms with E-state index in [2.05, 4.69) is 29.6 Å². The van der Waals surface area contributed by atoms with Crippen molar-refractivity contribution in [3.63, 3.8) is 0 Å². The molecule has 0 saturated heterocycles. The summed E-state index contributed by atoms with van der Waals surface area (Å²) in [5, 5.41) is 12.2. The molecule has 0 spiro atoms. The van der Waals surface area contributed by atoms with Crippen molar-refractivity contribution in [1.82, 2.24) is 0 Å². The quantitative estimate of drug-likeness (QED) is 0.789. The average molecular weight is 325 g/mol. The molecule has 4 nitrogen and oxygen atoms in total. The van der Waals surface area contributed by atoms with E-state index in [4.69, 9.17) is 9.84 Å². The van der Waals surface area contributed by atoms with Gasteiger partial charge in [-0.05, 0) is 48.2 Å². The lowest BCUT2D eigenvalue weighted by Crippen LogP contribution is -2.07. The van der Waals surface area contributed by atoms with Crippen LogP contribution in [-0.4, -0.2) is 17.2 Å². The van der Waals surface area contributed by atoms with Gasteiger partial charge in [0.05, 0.1) is 18.3 Å². The first kappa shape index (κ1) is 16.5. The highest BCUT2D eigenvalue weighted by Gasteiger charge is 2.14. The Morgan fingerprint density at radius 3 is 2.25 bits per heavy atom. The zero-order valence-electron chi connectivity index (χ0n) is 13.7. The first-order valence-corrected chi connectivity index (χ1v) is 8.47. The van der Waals surface area contributed by atoms with E-state index in [1.165, 1.54) is 31.2 Å². The topological polar surface area (TPSA) is 58.6 Å². The normalized spacial score (nSPS) is 14.7. The number of nitrogens with one attached hydrogen (secondary N) is 1. The summed E-state index contributed by atoms with van der Waals surface area (Å²) in [6, 6.07) is 15.2. The van der Waals surface area contributed by atoms with Crippen LogP contribution in [-0.2, 0) is 17.9 Å². The highest BCUT2D eigenvalue weighted by Crippen LogP contribution is 2.22. The molecule has 0 atom stereocenters. The maximum Gasteiger partial charge on any atom is 0.335 e. The predicted molar refractivity (Wildman–Crippen MR) is 94.2 cm³/mol. The van der Waals surface area contributed by atoms with Gasteiger partial charge < -0.3 is 15.2 Å². The molecule has 0 aliphatic heterocycles. The van der Waals surface area contributed by atoms with Crippen LogP contribution in [0.4, 0.5) is 5.69 Å². The minimum atomic E-state index is -0.898. The number of hydrogen-bond donors (Lipinski definition) is 2. The molecule has 2 aromatic rings. The van der Waals surface area contributed by atoms with Crippen LogP contribution in [0.1, 0.15) is 47.2 Å². The first-order chi connectivity index (χ1) is 11.7. The van der Waals surface area contributed by atoms with Gasteiger partial charge in [-0.2, -0.15) is 0 Å². The smallest absolute Gasteiger partial charge is 0.335 e. The molecule has 4 heteroatoms. The highest BCUT2D eigenvalue weighted by atomic mass is 16.5. The second-order valence-electron chi connectivity index (χ2n) is 6.27. The van der Waals surface area contributed by atoms with Crippen LogP contribution < -0.4 is 5.32 Å². The van der Waals surface area contributed by atoms with Gasteiger partial charge in [0.1, 0.15) is 0 Å². The molecule has 2 N–H and O–H groups in total. The second kappa shape index (κ2) is 7.97. The lowest BCUT2D eigenvalue weighted by Gasteiger charge is -2.12. The molecule has 2 aromatic carbocycles. The minimum Gasteiger partial charge on any atom is -0.478 e. The number of carboxylic acids is 1. The number of ether oxygens (including phenoxy) is 1. The van der Waals surface area contributed by atoms with E-state index in [1.807, 2.05) is 12.1 Å². The van der Waals surface area contributed by atoms with Gasteiger partial charge in [-0.1, -0.05) is 37.1 Å². The van der Waals surface area contributed by atoms with Gasteiger partial charge in [-0.3, -0.25) is 0 Å². The van der Waals surface area contributed by atoms with E-state index in [0.29, 0.717) is 24.8 Å². The minimum absolute atomic E-state index is 0.311. The third-order valence-corrected chi connectivity index (χ3v) is 4.44. The third-order valence-electron chi connectivity index (χ3n) is 4.44. The van der Waals surface area contributed by atoms with Crippen LogP contribution in [0.25, 0.3) is 0 Å². The Morgan fingerprint density at radius 2 is 1.62 bits per heavy atom. The standard InChI is InChI=1S/C20H23NO3/c22-20(23)17-9-5-15(6-10-17)13-21-18-11-7-16(8-12-18)14-24-19-3-1-2-4-19/h5-12,19,21H,1-4,13-14H2,(H,22,23). The molecule has 0 heterocycles. The van der Waals surface area contributed by atoms with Gasteiger partial charge >= 0.3 is 5.97 Å². The summed E-state index contributed by atoms with van der Waals surface area (Å²) < 4.78 is 5.92. The fourth-order valence-corrected chi connectivity index (χ4v) is 2.96. The van der Waals surface area contributed by atoms with Crippen molar-refractivity contribution in [2.45, 2.75) is 44.9 Å². The summed E-state index contributed by atoms with van der Waals surface area (Å²) in [6.45, 7) is 1.35. The van der Waals surface area contributed by atoms with Crippen molar-refractivity contribution in [3.8, 4) is 0 Å². The van der Waals surface area contributed by atoms with E-state index in [1.54, 1.807) is 12.1 Å². The van der Waals surface area contributed by atoms with E-state index < -0.39 is 5.97 Å². The van der Waals surface area contributed by atoms with Crippen LogP contribution in [0.15, 0.2) is 48.5 Å². The van der Waals surface area contributed by atoms with Crippen LogP contribution in [0.3, 0.4) is 0 Å². The summed E-state index contributed by atoms with van der Waals surface area (Å²) in [5.41, 5.74) is 3.60. The van der Waals surface area contributed by atoms with Gasteiger partial charge in [-0.25, -0.2) is 4.79 Å². The van der Waals surface area contributed by atoms with Gasteiger partial charge in [0.25, 0.3) is 0 Å². The summed E-state index contributed by atoms with van der Waals surface area (Å²) in [4.78, 5) is 10.8. The van der Waals surface area contributed by atoms with Gasteiger partial charge in [0, 0.05) is 12.2 Å².